The van der Waals surface area contributed by atoms with Gasteiger partial charge in [-0.3, -0.25) is 28.2 Å². The van der Waals surface area contributed by atoms with E-state index in [-0.39, 0.29) is 0 Å². The summed E-state index contributed by atoms with van der Waals surface area (Å²) >= 11 is 0. The standard InChI is InChI=1S/C22H35FN3O13P/c1-12(2)37-18(29)14(5)25-40(33,36-11-34-20(31)38-13(3)4)35-10-22(9-23)21(6,32)16(28)17(39-22)26-8-7-15(27)24-19(26)30/h7-8,12-14,16-17,28,32H,9-11H2,1-6H3,(H,25,33)(H,24,27,30). The summed E-state index contributed by atoms with van der Waals surface area (Å²) < 4.78 is 59.2. The summed E-state index contributed by atoms with van der Waals surface area (Å²) in [4.78, 5) is 49.5. The first-order valence-corrected chi connectivity index (χ1v) is 13.7. The van der Waals surface area contributed by atoms with Crippen molar-refractivity contribution in [3.63, 3.8) is 0 Å². The number of ether oxygens (including phenoxy) is 4. The number of hydrogen-bond donors (Lipinski definition) is 4. The molecular weight excluding hydrogens is 564 g/mol. The molecule has 18 heteroatoms. The van der Waals surface area contributed by atoms with E-state index in [0.717, 1.165) is 19.2 Å². The van der Waals surface area contributed by atoms with E-state index >= 15 is 0 Å². The predicted molar refractivity (Wildman–Crippen MR) is 133 cm³/mol. The van der Waals surface area contributed by atoms with Gasteiger partial charge in [-0.05, 0) is 41.5 Å². The average Bonchev–Trinajstić information content (AvgIpc) is 3.02. The molecule has 4 N–H and O–H groups in total. The molecule has 1 aromatic rings. The van der Waals surface area contributed by atoms with E-state index in [4.69, 9.17) is 23.3 Å². The van der Waals surface area contributed by atoms with Crippen molar-refractivity contribution in [2.45, 2.75) is 83.3 Å². The van der Waals surface area contributed by atoms with Gasteiger partial charge in [0.25, 0.3) is 5.56 Å². The van der Waals surface area contributed by atoms with Crippen LogP contribution in [-0.4, -0.2) is 87.5 Å². The minimum absolute atomic E-state index is 0.529. The van der Waals surface area contributed by atoms with Gasteiger partial charge in [0.15, 0.2) is 11.8 Å². The second kappa shape index (κ2) is 13.3. The molecule has 16 nitrogen and oxygen atoms in total. The summed E-state index contributed by atoms with van der Waals surface area (Å²) in [5, 5.41) is 24.1. The Morgan fingerprint density at radius 1 is 1.20 bits per heavy atom. The van der Waals surface area contributed by atoms with Gasteiger partial charge in [-0.25, -0.2) is 23.6 Å². The lowest BCUT2D eigenvalue weighted by Gasteiger charge is -2.37. The SMILES string of the molecule is CC(C)OC(=O)OCOP(=O)(NC(C)C(=O)OC(C)C)OCC1(CF)OC(n2ccc(=O)[nH]c2=O)C(O)C1(C)O. The van der Waals surface area contributed by atoms with Crippen molar-refractivity contribution in [3.05, 3.63) is 33.1 Å². The number of nitrogens with one attached hydrogen (secondary N) is 2. The number of aromatic nitrogens is 2. The van der Waals surface area contributed by atoms with Gasteiger partial charge in [-0.15, -0.1) is 0 Å². The fourth-order valence-corrected chi connectivity index (χ4v) is 4.85. The first-order valence-electron chi connectivity index (χ1n) is 12.1. The first-order chi connectivity index (χ1) is 18.5. The lowest BCUT2D eigenvalue weighted by atomic mass is 9.83. The summed E-state index contributed by atoms with van der Waals surface area (Å²) in [5.74, 6) is -0.861. The summed E-state index contributed by atoms with van der Waals surface area (Å²) in [5.41, 5.74) is -6.70. The molecule has 0 spiro atoms. The van der Waals surface area contributed by atoms with Crippen LogP contribution < -0.4 is 16.3 Å². The number of hydrogen-bond acceptors (Lipinski definition) is 13. The smallest absolute Gasteiger partial charge is 0.462 e. The van der Waals surface area contributed by atoms with Crippen molar-refractivity contribution >= 4 is 19.9 Å². The van der Waals surface area contributed by atoms with Gasteiger partial charge in [-0.1, -0.05) is 0 Å². The fourth-order valence-electron chi connectivity index (χ4n) is 3.48. The number of nitrogens with zero attached hydrogens (tertiary/aromatic N) is 1. The lowest BCUT2D eigenvalue weighted by molar-refractivity contribution is -0.168. The van der Waals surface area contributed by atoms with Gasteiger partial charge in [-0.2, -0.15) is 0 Å². The molecule has 1 aliphatic rings. The zero-order chi connectivity index (χ0) is 30.5. The van der Waals surface area contributed by atoms with Crippen LogP contribution in [0.4, 0.5) is 9.18 Å². The molecule has 1 aliphatic heterocycles. The van der Waals surface area contributed by atoms with Crippen LogP contribution >= 0.6 is 7.75 Å². The van der Waals surface area contributed by atoms with Crippen LogP contribution in [0.5, 0.6) is 0 Å². The number of halogens is 1. The van der Waals surface area contributed by atoms with E-state index in [1.54, 1.807) is 27.7 Å². The minimum Gasteiger partial charge on any atom is -0.462 e. The molecule has 2 rings (SSSR count). The Morgan fingerprint density at radius 2 is 1.82 bits per heavy atom. The number of rotatable bonds is 13. The van der Waals surface area contributed by atoms with Crippen LogP contribution in [0.3, 0.4) is 0 Å². The van der Waals surface area contributed by atoms with E-state index in [9.17, 15) is 38.3 Å². The highest BCUT2D eigenvalue weighted by atomic mass is 31.2. The Kier molecular flexibility index (Phi) is 11.2. The van der Waals surface area contributed by atoms with Gasteiger partial charge >= 0.3 is 25.6 Å². The highest BCUT2D eigenvalue weighted by Gasteiger charge is 2.64. The van der Waals surface area contributed by atoms with Crippen molar-refractivity contribution < 1.29 is 56.8 Å². The van der Waals surface area contributed by atoms with Crippen LogP contribution in [0.15, 0.2) is 21.9 Å². The maximum Gasteiger partial charge on any atom is 0.510 e. The number of alkyl halides is 1. The van der Waals surface area contributed by atoms with Crippen LogP contribution in [0.1, 0.15) is 47.8 Å². The summed E-state index contributed by atoms with van der Waals surface area (Å²) in [7, 11) is -4.69. The number of aliphatic hydroxyl groups is 2. The van der Waals surface area contributed by atoms with Gasteiger partial charge in [0.05, 0.1) is 18.8 Å². The van der Waals surface area contributed by atoms with E-state index < -0.39 is 93.0 Å². The molecule has 0 aromatic carbocycles. The Morgan fingerprint density at radius 3 is 2.38 bits per heavy atom. The molecule has 0 radical (unpaired) electrons. The Bertz CT molecular complexity index is 1200. The maximum atomic E-state index is 14.5. The van der Waals surface area contributed by atoms with Crippen LogP contribution in [-0.2, 0) is 37.4 Å². The molecule has 0 saturated carbocycles. The molecule has 1 saturated heterocycles. The highest BCUT2D eigenvalue weighted by Crippen LogP contribution is 2.50. The molecule has 0 bridgehead atoms. The van der Waals surface area contributed by atoms with E-state index in [1.807, 2.05) is 4.98 Å². The molecule has 1 fully saturated rings. The number of aliphatic hydroxyl groups excluding tert-OH is 1. The quantitative estimate of drug-likeness (QED) is 0.138. The molecule has 2 heterocycles. The van der Waals surface area contributed by atoms with Crippen molar-refractivity contribution in [1.29, 1.82) is 0 Å². The first kappa shape index (κ1) is 33.5. The molecule has 40 heavy (non-hydrogen) atoms. The normalized spacial score (nSPS) is 26.9. The predicted octanol–water partition coefficient (Wildman–Crippen LogP) is 0.476. The third kappa shape index (κ3) is 7.96. The van der Waals surface area contributed by atoms with Crippen molar-refractivity contribution in [2.75, 3.05) is 20.1 Å². The molecular formula is C22H35FN3O13P. The molecule has 1 aromatic heterocycles. The number of aromatic amines is 1. The summed E-state index contributed by atoms with van der Waals surface area (Å²) in [6, 6.07) is -0.383. The number of carbonyl (C=O) groups excluding carboxylic acids is 2. The molecule has 6 atom stereocenters. The number of esters is 1. The van der Waals surface area contributed by atoms with E-state index in [2.05, 4.69) is 9.82 Å². The number of H-pyrrole nitrogens is 1. The minimum atomic E-state index is -4.69. The molecule has 228 valence electrons. The third-order valence-corrected chi connectivity index (χ3v) is 7.33. The van der Waals surface area contributed by atoms with Gasteiger partial charge in [0, 0.05) is 12.3 Å². The van der Waals surface area contributed by atoms with Crippen molar-refractivity contribution in [3.8, 4) is 0 Å². The Labute approximate surface area is 228 Å². The molecule has 0 aliphatic carbocycles. The highest BCUT2D eigenvalue weighted by molar-refractivity contribution is 7.51. The van der Waals surface area contributed by atoms with Gasteiger partial charge < -0.3 is 29.2 Å². The van der Waals surface area contributed by atoms with Crippen LogP contribution in [0.2, 0.25) is 0 Å². The summed E-state index contributed by atoms with van der Waals surface area (Å²) in [6.07, 6.45) is -4.93. The topological polar surface area (TPSA) is 214 Å². The fraction of sp³-hybridized carbons (Fsp3) is 0.727. The van der Waals surface area contributed by atoms with Crippen LogP contribution in [0.25, 0.3) is 0 Å². The lowest BCUT2D eigenvalue weighted by Crippen LogP contribution is -2.58. The Balaban J connectivity index is 2.31. The second-order valence-corrected chi connectivity index (χ2v) is 11.4. The zero-order valence-corrected chi connectivity index (χ0v) is 23.7. The van der Waals surface area contributed by atoms with Gasteiger partial charge in [0.1, 0.15) is 24.4 Å². The third-order valence-electron chi connectivity index (χ3n) is 5.71. The molecule has 0 amide bonds. The zero-order valence-electron chi connectivity index (χ0n) is 22.8. The largest absolute Gasteiger partial charge is 0.510 e. The molecule has 6 unspecified atom stereocenters. The van der Waals surface area contributed by atoms with Crippen molar-refractivity contribution in [1.82, 2.24) is 14.6 Å². The number of carbonyl (C=O) groups is 2. The van der Waals surface area contributed by atoms with Crippen LogP contribution in [0, 0.1) is 0 Å². The maximum absolute atomic E-state index is 14.5. The van der Waals surface area contributed by atoms with E-state index in [1.165, 1.54) is 6.92 Å². The van der Waals surface area contributed by atoms with Gasteiger partial charge in [0.2, 0.25) is 6.79 Å². The van der Waals surface area contributed by atoms with E-state index in [0.29, 0.717) is 4.57 Å². The second-order valence-electron chi connectivity index (χ2n) is 9.66. The average molecular weight is 600 g/mol. The monoisotopic (exact) mass is 599 g/mol. The summed E-state index contributed by atoms with van der Waals surface area (Å²) in [6.45, 7) is 4.88. The van der Waals surface area contributed by atoms with Crippen molar-refractivity contribution in [2.24, 2.45) is 0 Å². The Hall–Kier alpha value is -2.66.